The van der Waals surface area contributed by atoms with Crippen LogP contribution in [0.4, 0.5) is 0 Å². The predicted molar refractivity (Wildman–Crippen MR) is 98.9 cm³/mol. The van der Waals surface area contributed by atoms with E-state index >= 15 is 0 Å². The maximum absolute atomic E-state index is 12.1. The van der Waals surface area contributed by atoms with Crippen LogP contribution in [-0.4, -0.2) is 59.5 Å². The van der Waals surface area contributed by atoms with Crippen molar-refractivity contribution < 1.29 is 17.9 Å². The molecule has 1 aliphatic rings. The van der Waals surface area contributed by atoms with Crippen molar-refractivity contribution in [2.45, 2.75) is 17.6 Å². The summed E-state index contributed by atoms with van der Waals surface area (Å²) in [4.78, 5) is 12.1. The summed E-state index contributed by atoms with van der Waals surface area (Å²) >= 11 is 1.26. The van der Waals surface area contributed by atoms with Crippen LogP contribution in [0.1, 0.15) is 6.42 Å². The number of rotatable bonds is 6. The third-order valence-corrected chi connectivity index (χ3v) is 6.88. The van der Waals surface area contributed by atoms with Gasteiger partial charge in [0.15, 0.2) is 20.8 Å². The van der Waals surface area contributed by atoms with Crippen molar-refractivity contribution in [2.24, 2.45) is 7.05 Å². The molecule has 1 N–H and O–H groups in total. The van der Waals surface area contributed by atoms with E-state index in [-0.39, 0.29) is 29.2 Å². The Morgan fingerprint density at radius 3 is 2.92 bits per heavy atom. The summed E-state index contributed by atoms with van der Waals surface area (Å²) in [5.41, 5.74) is 0.867. The molecule has 1 atom stereocenters. The molecule has 0 spiro atoms. The highest BCUT2D eigenvalue weighted by molar-refractivity contribution is 7.99. The normalized spacial score (nSPS) is 18.6. The molecule has 0 aliphatic carbocycles. The highest BCUT2D eigenvalue weighted by Crippen LogP contribution is 2.25. The molecule has 0 unspecified atom stereocenters. The second-order valence-electron chi connectivity index (χ2n) is 6.05. The van der Waals surface area contributed by atoms with Crippen LogP contribution in [-0.2, 0) is 21.7 Å². The first-order chi connectivity index (χ1) is 12.4. The molecule has 0 bridgehead atoms. The number of nitrogens with one attached hydrogen (secondary N) is 1. The van der Waals surface area contributed by atoms with Gasteiger partial charge in [0.1, 0.15) is 5.75 Å². The Balaban J connectivity index is 1.61. The number of ether oxygens (including phenoxy) is 1. The van der Waals surface area contributed by atoms with Crippen LogP contribution in [0, 0.1) is 0 Å². The van der Waals surface area contributed by atoms with Crippen LogP contribution in [0.3, 0.4) is 0 Å². The van der Waals surface area contributed by atoms with E-state index in [1.165, 1.54) is 11.8 Å². The number of amides is 1. The number of benzene rings is 1. The van der Waals surface area contributed by atoms with Crippen LogP contribution in [0.15, 0.2) is 29.4 Å². The van der Waals surface area contributed by atoms with Gasteiger partial charge < -0.3 is 14.6 Å². The van der Waals surface area contributed by atoms with Crippen LogP contribution >= 0.6 is 11.8 Å². The van der Waals surface area contributed by atoms with E-state index in [9.17, 15) is 13.2 Å². The fourth-order valence-electron chi connectivity index (χ4n) is 2.76. The first kappa shape index (κ1) is 18.7. The monoisotopic (exact) mass is 396 g/mol. The largest absolute Gasteiger partial charge is 0.497 e. The molecule has 2 aromatic rings. The maximum atomic E-state index is 12.1. The summed E-state index contributed by atoms with van der Waals surface area (Å²) in [5, 5.41) is 11.7. The van der Waals surface area contributed by atoms with Gasteiger partial charge in [-0.25, -0.2) is 8.42 Å². The smallest absolute Gasteiger partial charge is 0.230 e. The number of thioether (sulfide) groups is 1. The second kappa shape index (κ2) is 7.67. The number of aromatic nitrogens is 3. The van der Waals surface area contributed by atoms with Gasteiger partial charge >= 0.3 is 0 Å². The van der Waals surface area contributed by atoms with Crippen molar-refractivity contribution >= 4 is 27.5 Å². The zero-order chi connectivity index (χ0) is 18.7. The summed E-state index contributed by atoms with van der Waals surface area (Å²) in [7, 11) is 0.428. The van der Waals surface area contributed by atoms with Crippen LogP contribution < -0.4 is 10.1 Å². The van der Waals surface area contributed by atoms with Crippen molar-refractivity contribution in [3.63, 3.8) is 0 Å². The van der Waals surface area contributed by atoms with Gasteiger partial charge in [0, 0.05) is 18.7 Å². The third kappa shape index (κ3) is 4.36. The van der Waals surface area contributed by atoms with Crippen molar-refractivity contribution in [3.8, 4) is 17.1 Å². The van der Waals surface area contributed by atoms with E-state index < -0.39 is 9.84 Å². The minimum atomic E-state index is -3.01. The summed E-state index contributed by atoms with van der Waals surface area (Å²) < 4.78 is 29.9. The Morgan fingerprint density at radius 1 is 1.42 bits per heavy atom. The molecule has 1 saturated heterocycles. The molecule has 2 heterocycles. The standard InChI is InChI=1S/C16H20N4O4S2/c1-20-15(11-4-3-5-13(8-11)24-2)18-19-16(20)25-9-14(21)17-12-6-7-26(22,23)10-12/h3-5,8,12H,6-7,9-10H2,1-2H3,(H,17,21)/t12-/m1/s1. The molecule has 10 heteroatoms. The van der Waals surface area contributed by atoms with E-state index in [0.717, 1.165) is 11.3 Å². The lowest BCUT2D eigenvalue weighted by atomic mass is 10.2. The van der Waals surface area contributed by atoms with E-state index in [2.05, 4.69) is 15.5 Å². The van der Waals surface area contributed by atoms with Crippen molar-refractivity contribution in [1.82, 2.24) is 20.1 Å². The first-order valence-electron chi connectivity index (χ1n) is 8.04. The average Bonchev–Trinajstić information content (AvgIpc) is 3.15. The van der Waals surface area contributed by atoms with Gasteiger partial charge in [-0.15, -0.1) is 10.2 Å². The molecule has 8 nitrogen and oxygen atoms in total. The molecule has 1 aliphatic heterocycles. The minimum Gasteiger partial charge on any atom is -0.497 e. The topological polar surface area (TPSA) is 103 Å². The molecular formula is C16H20N4O4S2. The Hall–Kier alpha value is -2.07. The number of carbonyl (C=O) groups is 1. The third-order valence-electron chi connectivity index (χ3n) is 4.09. The molecule has 1 aromatic heterocycles. The molecule has 3 rings (SSSR count). The van der Waals surface area contributed by atoms with Gasteiger partial charge in [0.25, 0.3) is 0 Å². The Morgan fingerprint density at radius 2 is 2.23 bits per heavy atom. The summed E-state index contributed by atoms with van der Waals surface area (Å²) in [5.74, 6) is 1.51. The summed E-state index contributed by atoms with van der Waals surface area (Å²) in [6.07, 6.45) is 0.475. The molecule has 1 fully saturated rings. The lowest BCUT2D eigenvalue weighted by molar-refractivity contribution is -0.119. The van der Waals surface area contributed by atoms with Gasteiger partial charge in [0.05, 0.1) is 24.4 Å². The zero-order valence-corrected chi connectivity index (χ0v) is 16.1. The highest BCUT2D eigenvalue weighted by Gasteiger charge is 2.28. The molecule has 1 amide bonds. The molecule has 140 valence electrons. The lowest BCUT2D eigenvalue weighted by Crippen LogP contribution is -2.36. The number of carbonyl (C=O) groups excluding carboxylic acids is 1. The van der Waals surface area contributed by atoms with Crippen molar-refractivity contribution in [1.29, 1.82) is 0 Å². The van der Waals surface area contributed by atoms with E-state index in [0.29, 0.717) is 17.4 Å². The van der Waals surface area contributed by atoms with Gasteiger partial charge in [-0.1, -0.05) is 23.9 Å². The number of methoxy groups -OCH3 is 1. The quantitative estimate of drug-likeness (QED) is 0.723. The van der Waals surface area contributed by atoms with E-state index in [1.54, 1.807) is 7.11 Å². The van der Waals surface area contributed by atoms with Crippen molar-refractivity contribution in [2.75, 3.05) is 24.4 Å². The Labute approximate surface area is 156 Å². The fraction of sp³-hybridized carbons (Fsp3) is 0.438. The van der Waals surface area contributed by atoms with Gasteiger partial charge in [-0.3, -0.25) is 4.79 Å². The van der Waals surface area contributed by atoms with E-state index in [1.807, 2.05) is 35.9 Å². The average molecular weight is 396 g/mol. The maximum Gasteiger partial charge on any atom is 0.230 e. The predicted octanol–water partition coefficient (Wildman–Crippen LogP) is 0.886. The van der Waals surface area contributed by atoms with Crippen LogP contribution in [0.2, 0.25) is 0 Å². The Bertz CT molecular complexity index is 911. The van der Waals surface area contributed by atoms with E-state index in [4.69, 9.17) is 4.74 Å². The number of nitrogens with zero attached hydrogens (tertiary/aromatic N) is 3. The fourth-order valence-corrected chi connectivity index (χ4v) is 5.16. The van der Waals surface area contributed by atoms with Crippen molar-refractivity contribution in [3.05, 3.63) is 24.3 Å². The molecule has 0 radical (unpaired) electrons. The summed E-state index contributed by atoms with van der Waals surface area (Å²) in [6.45, 7) is 0. The first-order valence-corrected chi connectivity index (χ1v) is 10.8. The highest BCUT2D eigenvalue weighted by atomic mass is 32.2. The van der Waals surface area contributed by atoms with Gasteiger partial charge in [-0.2, -0.15) is 0 Å². The molecule has 26 heavy (non-hydrogen) atoms. The van der Waals surface area contributed by atoms with Crippen LogP contribution in [0.25, 0.3) is 11.4 Å². The van der Waals surface area contributed by atoms with Crippen LogP contribution in [0.5, 0.6) is 5.75 Å². The molecule has 1 aromatic carbocycles. The van der Waals surface area contributed by atoms with Gasteiger partial charge in [-0.05, 0) is 18.6 Å². The summed E-state index contributed by atoms with van der Waals surface area (Å²) in [6, 6.07) is 7.21. The Kier molecular flexibility index (Phi) is 5.52. The minimum absolute atomic E-state index is 0.0212. The van der Waals surface area contributed by atoms with Gasteiger partial charge in [0.2, 0.25) is 5.91 Å². The number of hydrogen-bond acceptors (Lipinski definition) is 7. The number of sulfone groups is 1. The second-order valence-corrected chi connectivity index (χ2v) is 9.22. The lowest BCUT2D eigenvalue weighted by Gasteiger charge is -2.10. The molecular weight excluding hydrogens is 376 g/mol. The number of hydrogen-bond donors (Lipinski definition) is 1. The zero-order valence-electron chi connectivity index (χ0n) is 14.5. The molecule has 0 saturated carbocycles. The SMILES string of the molecule is COc1cccc(-c2nnc(SCC(=O)N[C@@H]3CCS(=O)(=O)C3)n2C)c1.